The maximum atomic E-state index is 11.0. The summed E-state index contributed by atoms with van der Waals surface area (Å²) >= 11 is 7.57. The smallest absolute Gasteiger partial charge is 0.271 e. The van der Waals surface area contributed by atoms with Gasteiger partial charge in [-0.2, -0.15) is 5.26 Å². The Hall–Kier alpha value is -1.11. The van der Waals surface area contributed by atoms with Gasteiger partial charge in [0.25, 0.3) is 5.69 Å². The van der Waals surface area contributed by atoms with Crippen molar-refractivity contribution in [2.24, 2.45) is 4.99 Å². The molecule has 1 aromatic carbocycles. The molecule has 0 aromatic heterocycles. The molecule has 0 bridgehead atoms. The summed E-state index contributed by atoms with van der Waals surface area (Å²) in [5.74, 6) is 0. The number of nitro benzene ring substituents is 1. The fourth-order valence-electron chi connectivity index (χ4n) is 1.08. The van der Waals surface area contributed by atoms with E-state index in [-0.39, 0.29) is 16.5 Å². The number of hydrogen-bond donors (Lipinski definition) is 1. The largest absolute Gasteiger partial charge is 0.297 e. The predicted octanol–water partition coefficient (Wildman–Crippen LogP) is 3.54. The maximum absolute atomic E-state index is 11.0. The Morgan fingerprint density at radius 2 is 2.28 bits per heavy atom. The normalized spacial score (nSPS) is 10.9. The minimum atomic E-state index is -0.529. The van der Waals surface area contributed by atoms with Gasteiger partial charge in [0.1, 0.15) is 0 Å². The summed E-state index contributed by atoms with van der Waals surface area (Å²) < 4.78 is 1.04. The molecule has 0 unspecified atom stereocenters. The number of benzene rings is 1. The second-order valence-electron chi connectivity index (χ2n) is 2.87. The van der Waals surface area contributed by atoms with Crippen LogP contribution >= 0.6 is 43.6 Å². The molecule has 9 heteroatoms. The SMILES string of the molecule is CSC(=Nc1c(Br)cc(Br)cc1[N+](=O)[O-])NC#N. The van der Waals surface area contributed by atoms with E-state index in [2.05, 4.69) is 42.2 Å². The second-order valence-corrected chi connectivity index (χ2v) is 5.44. The molecule has 0 spiro atoms. The van der Waals surface area contributed by atoms with Crippen LogP contribution in [0.2, 0.25) is 0 Å². The van der Waals surface area contributed by atoms with Crippen LogP contribution in [0.5, 0.6) is 0 Å². The van der Waals surface area contributed by atoms with Crippen LogP contribution in [0.3, 0.4) is 0 Å². The molecule has 0 fully saturated rings. The summed E-state index contributed by atoms with van der Waals surface area (Å²) in [5, 5.41) is 22.1. The van der Waals surface area contributed by atoms with Crippen LogP contribution in [0.25, 0.3) is 0 Å². The molecule has 0 amide bonds. The van der Waals surface area contributed by atoms with Gasteiger partial charge in [0, 0.05) is 10.5 Å². The summed E-state index contributed by atoms with van der Waals surface area (Å²) in [4.78, 5) is 14.5. The number of nitro groups is 1. The van der Waals surface area contributed by atoms with Crippen LogP contribution in [-0.2, 0) is 0 Å². The van der Waals surface area contributed by atoms with Crippen LogP contribution in [-0.4, -0.2) is 16.3 Å². The highest BCUT2D eigenvalue weighted by atomic mass is 79.9. The number of thioether (sulfide) groups is 1. The Morgan fingerprint density at radius 3 is 2.78 bits per heavy atom. The number of nitrogens with zero attached hydrogens (tertiary/aromatic N) is 3. The Morgan fingerprint density at radius 1 is 1.61 bits per heavy atom. The number of amidine groups is 1. The zero-order chi connectivity index (χ0) is 13.7. The van der Waals surface area contributed by atoms with Crippen molar-refractivity contribution in [3.63, 3.8) is 0 Å². The molecular formula is C9H6Br2N4O2S. The summed E-state index contributed by atoms with van der Waals surface area (Å²) in [6.07, 6.45) is 3.43. The third kappa shape index (κ3) is 3.69. The highest BCUT2D eigenvalue weighted by Crippen LogP contribution is 2.38. The van der Waals surface area contributed by atoms with E-state index in [0.717, 1.165) is 0 Å². The summed E-state index contributed by atoms with van der Waals surface area (Å²) in [6.45, 7) is 0. The molecule has 94 valence electrons. The molecule has 1 N–H and O–H groups in total. The standard InChI is InChI=1S/C9H6Br2N4O2S/c1-18-9(13-4-12)14-8-6(11)2-5(10)3-7(8)15(16)17/h2-3H,1H3,(H,13,14). The zero-order valence-corrected chi connectivity index (χ0v) is 13.0. The number of nitrogens with one attached hydrogen (secondary N) is 1. The van der Waals surface area contributed by atoms with Crippen molar-refractivity contribution in [2.45, 2.75) is 0 Å². The van der Waals surface area contributed by atoms with Gasteiger partial charge in [-0.1, -0.05) is 27.7 Å². The van der Waals surface area contributed by atoms with E-state index in [1.54, 1.807) is 18.5 Å². The Kier molecular flexibility index (Phi) is 5.58. The van der Waals surface area contributed by atoms with Crippen molar-refractivity contribution in [3.05, 3.63) is 31.2 Å². The van der Waals surface area contributed by atoms with E-state index >= 15 is 0 Å². The van der Waals surface area contributed by atoms with E-state index in [1.807, 2.05) is 0 Å². The van der Waals surface area contributed by atoms with Crippen molar-refractivity contribution in [3.8, 4) is 6.19 Å². The Labute approximate surface area is 124 Å². The number of rotatable bonds is 2. The molecule has 0 radical (unpaired) electrons. The van der Waals surface area contributed by atoms with E-state index in [0.29, 0.717) is 8.95 Å². The average Bonchev–Trinajstić information content (AvgIpc) is 2.30. The van der Waals surface area contributed by atoms with Crippen LogP contribution in [0.1, 0.15) is 0 Å². The van der Waals surface area contributed by atoms with Crippen LogP contribution in [0, 0.1) is 21.6 Å². The lowest BCUT2D eigenvalue weighted by molar-refractivity contribution is -0.384. The van der Waals surface area contributed by atoms with Crippen LogP contribution < -0.4 is 5.32 Å². The Bertz CT molecular complexity index is 556. The number of halogens is 2. The van der Waals surface area contributed by atoms with Gasteiger partial charge in [0.05, 0.1) is 9.40 Å². The van der Waals surface area contributed by atoms with Crippen molar-refractivity contribution in [1.82, 2.24) is 5.32 Å². The molecular weight excluding hydrogens is 388 g/mol. The summed E-state index contributed by atoms with van der Waals surface area (Å²) in [7, 11) is 0. The minimum absolute atomic E-state index is 0.150. The molecule has 1 aromatic rings. The van der Waals surface area contributed by atoms with Crippen LogP contribution in [0.15, 0.2) is 26.1 Å². The lowest BCUT2D eigenvalue weighted by atomic mass is 10.3. The highest BCUT2D eigenvalue weighted by molar-refractivity contribution is 9.11. The summed E-state index contributed by atoms with van der Waals surface area (Å²) in [5.41, 5.74) is 0.0119. The quantitative estimate of drug-likeness (QED) is 0.207. The maximum Gasteiger partial charge on any atom is 0.297 e. The first-order valence-electron chi connectivity index (χ1n) is 4.40. The van der Waals surface area contributed by atoms with E-state index in [1.165, 1.54) is 17.8 Å². The van der Waals surface area contributed by atoms with E-state index < -0.39 is 4.92 Å². The molecule has 0 saturated carbocycles. The van der Waals surface area contributed by atoms with Gasteiger partial charge in [-0.05, 0) is 28.3 Å². The first-order chi connectivity index (χ1) is 8.49. The molecule has 0 heterocycles. The van der Waals surface area contributed by atoms with E-state index in [4.69, 9.17) is 5.26 Å². The monoisotopic (exact) mass is 392 g/mol. The van der Waals surface area contributed by atoms with Gasteiger partial charge in [0.15, 0.2) is 17.0 Å². The topological polar surface area (TPSA) is 91.3 Å². The molecule has 0 atom stereocenters. The highest BCUT2D eigenvalue weighted by Gasteiger charge is 2.18. The number of hydrogen-bond acceptors (Lipinski definition) is 5. The first-order valence-corrected chi connectivity index (χ1v) is 7.22. The van der Waals surface area contributed by atoms with Crippen molar-refractivity contribution in [1.29, 1.82) is 5.26 Å². The molecule has 18 heavy (non-hydrogen) atoms. The zero-order valence-electron chi connectivity index (χ0n) is 8.98. The molecule has 1 rings (SSSR count). The molecule has 6 nitrogen and oxygen atoms in total. The summed E-state index contributed by atoms with van der Waals surface area (Å²) in [6, 6.07) is 3.00. The number of nitriles is 1. The third-order valence-corrected chi connectivity index (χ3v) is 3.42. The van der Waals surface area contributed by atoms with Crippen molar-refractivity contribution >= 4 is 60.2 Å². The van der Waals surface area contributed by atoms with Gasteiger partial charge >= 0.3 is 0 Å². The van der Waals surface area contributed by atoms with E-state index in [9.17, 15) is 10.1 Å². The van der Waals surface area contributed by atoms with Gasteiger partial charge in [0.2, 0.25) is 0 Å². The lowest BCUT2D eigenvalue weighted by Gasteiger charge is -2.04. The van der Waals surface area contributed by atoms with Crippen LogP contribution in [0.4, 0.5) is 11.4 Å². The molecule has 0 aliphatic rings. The van der Waals surface area contributed by atoms with Gasteiger partial charge in [-0.25, -0.2) is 4.99 Å². The van der Waals surface area contributed by atoms with Crippen molar-refractivity contribution < 1.29 is 4.92 Å². The molecule has 0 aliphatic carbocycles. The average molecular weight is 394 g/mol. The Balaban J connectivity index is 3.39. The van der Waals surface area contributed by atoms with Gasteiger partial charge < -0.3 is 0 Å². The fourth-order valence-corrected chi connectivity index (χ4v) is 2.70. The predicted molar refractivity (Wildman–Crippen MR) is 77.9 cm³/mol. The van der Waals surface area contributed by atoms with Gasteiger partial charge in [-0.15, -0.1) is 0 Å². The third-order valence-electron chi connectivity index (χ3n) is 1.77. The van der Waals surface area contributed by atoms with Gasteiger partial charge in [-0.3, -0.25) is 15.4 Å². The first kappa shape index (κ1) is 14.9. The second kappa shape index (κ2) is 6.72. The molecule has 0 saturated heterocycles. The lowest BCUT2D eigenvalue weighted by Crippen LogP contribution is -2.12. The number of aliphatic imine (C=N–C) groups is 1. The van der Waals surface area contributed by atoms with Crippen molar-refractivity contribution in [2.75, 3.05) is 6.26 Å². The minimum Gasteiger partial charge on any atom is -0.271 e. The molecule has 0 aliphatic heterocycles. The fraction of sp³-hybridized carbons (Fsp3) is 0.111.